The molecule has 1 saturated heterocycles. The zero-order chi connectivity index (χ0) is 13.0. The average molecular weight is 268 g/mol. The van der Waals surface area contributed by atoms with E-state index in [1.807, 2.05) is 31.3 Å². The van der Waals surface area contributed by atoms with Crippen LogP contribution in [0.15, 0.2) is 24.3 Å². The topological polar surface area (TPSA) is 29.5 Å². The highest BCUT2D eigenvalue weighted by Crippen LogP contribution is 2.18. The Morgan fingerprint density at radius 1 is 1.44 bits per heavy atom. The minimum Gasteiger partial charge on any atom is -0.380 e. The summed E-state index contributed by atoms with van der Waals surface area (Å²) < 4.78 is 5.35. The van der Waals surface area contributed by atoms with Crippen molar-refractivity contribution in [3.63, 3.8) is 0 Å². The van der Waals surface area contributed by atoms with Crippen LogP contribution < -0.4 is 0 Å². The fourth-order valence-corrected chi connectivity index (χ4v) is 2.40. The van der Waals surface area contributed by atoms with Crippen LogP contribution in [-0.4, -0.2) is 37.5 Å². The molecule has 1 atom stereocenters. The van der Waals surface area contributed by atoms with Gasteiger partial charge in [0.25, 0.3) is 0 Å². The fraction of sp³-hybridized carbons (Fsp3) is 0.500. The van der Waals surface area contributed by atoms with Crippen molar-refractivity contribution in [1.29, 1.82) is 0 Å². The van der Waals surface area contributed by atoms with Gasteiger partial charge in [0, 0.05) is 24.5 Å². The van der Waals surface area contributed by atoms with Crippen LogP contribution in [0.3, 0.4) is 0 Å². The number of benzene rings is 1. The molecule has 1 unspecified atom stereocenters. The number of carbonyl (C=O) groups is 1. The minimum absolute atomic E-state index is 0.00578. The SMILES string of the molecule is CN(Cc1ccccc1Cl)CC1COCCC1=O. The van der Waals surface area contributed by atoms with Gasteiger partial charge in [-0.1, -0.05) is 29.8 Å². The number of nitrogens with zero attached hydrogens (tertiary/aromatic N) is 1. The van der Waals surface area contributed by atoms with Crippen molar-refractivity contribution < 1.29 is 9.53 Å². The first-order valence-corrected chi connectivity index (χ1v) is 6.57. The predicted octanol–water partition coefficient (Wildman–Crippen LogP) is 2.38. The maximum Gasteiger partial charge on any atom is 0.141 e. The summed E-state index contributed by atoms with van der Waals surface area (Å²) in [6.07, 6.45) is 0.546. The van der Waals surface area contributed by atoms with E-state index in [0.29, 0.717) is 25.4 Å². The van der Waals surface area contributed by atoms with Gasteiger partial charge in [-0.15, -0.1) is 0 Å². The molecule has 98 valence electrons. The van der Waals surface area contributed by atoms with Gasteiger partial charge in [0.05, 0.1) is 19.1 Å². The second-order valence-electron chi connectivity index (χ2n) is 4.78. The van der Waals surface area contributed by atoms with Gasteiger partial charge in [-0.05, 0) is 18.7 Å². The standard InChI is InChI=1S/C14H18ClNO2/c1-16(8-11-4-2-3-5-13(11)15)9-12-10-18-7-6-14(12)17/h2-5,12H,6-10H2,1H3. The summed E-state index contributed by atoms with van der Waals surface area (Å²) in [6, 6.07) is 7.80. The second kappa shape index (κ2) is 6.32. The van der Waals surface area contributed by atoms with Crippen LogP contribution in [0.25, 0.3) is 0 Å². The van der Waals surface area contributed by atoms with E-state index in [4.69, 9.17) is 16.3 Å². The third-order valence-electron chi connectivity index (χ3n) is 3.20. The van der Waals surface area contributed by atoms with Gasteiger partial charge in [0.2, 0.25) is 0 Å². The first kappa shape index (κ1) is 13.5. The molecule has 3 nitrogen and oxygen atoms in total. The molecule has 0 N–H and O–H groups in total. The fourth-order valence-electron chi connectivity index (χ4n) is 2.21. The van der Waals surface area contributed by atoms with Gasteiger partial charge in [0.15, 0.2) is 0 Å². The molecule has 1 fully saturated rings. The Morgan fingerprint density at radius 3 is 2.94 bits per heavy atom. The molecule has 1 aromatic rings. The molecule has 1 heterocycles. The van der Waals surface area contributed by atoms with Crippen molar-refractivity contribution in [2.45, 2.75) is 13.0 Å². The number of halogens is 1. The van der Waals surface area contributed by atoms with E-state index in [1.165, 1.54) is 0 Å². The maximum atomic E-state index is 11.7. The Kier molecular flexibility index (Phi) is 4.75. The van der Waals surface area contributed by atoms with Crippen molar-refractivity contribution in [1.82, 2.24) is 4.90 Å². The van der Waals surface area contributed by atoms with Crippen LogP contribution in [0.1, 0.15) is 12.0 Å². The molecule has 1 aromatic carbocycles. The molecule has 0 saturated carbocycles. The third-order valence-corrected chi connectivity index (χ3v) is 3.57. The van der Waals surface area contributed by atoms with E-state index in [2.05, 4.69) is 4.90 Å². The van der Waals surface area contributed by atoms with E-state index in [9.17, 15) is 4.79 Å². The van der Waals surface area contributed by atoms with Crippen LogP contribution in [0.4, 0.5) is 0 Å². The molecule has 0 radical (unpaired) electrons. The summed E-state index contributed by atoms with van der Waals surface area (Å²) in [5, 5.41) is 0.774. The van der Waals surface area contributed by atoms with Crippen LogP contribution in [-0.2, 0) is 16.1 Å². The molecule has 0 aromatic heterocycles. The lowest BCUT2D eigenvalue weighted by Crippen LogP contribution is -2.36. The molecule has 18 heavy (non-hydrogen) atoms. The molecule has 1 aliphatic rings. The van der Waals surface area contributed by atoms with Gasteiger partial charge >= 0.3 is 0 Å². The van der Waals surface area contributed by atoms with Gasteiger partial charge in [-0.25, -0.2) is 0 Å². The van der Waals surface area contributed by atoms with E-state index < -0.39 is 0 Å². The predicted molar refractivity (Wildman–Crippen MR) is 71.7 cm³/mol. The van der Waals surface area contributed by atoms with Crippen LogP contribution in [0.5, 0.6) is 0 Å². The molecule has 0 amide bonds. The summed E-state index contributed by atoms with van der Waals surface area (Å²) in [6.45, 7) is 2.60. The van der Waals surface area contributed by atoms with Gasteiger partial charge < -0.3 is 9.64 Å². The summed E-state index contributed by atoms with van der Waals surface area (Å²) in [4.78, 5) is 13.8. The van der Waals surface area contributed by atoms with Crippen LogP contribution in [0, 0.1) is 5.92 Å². The molecule has 0 aliphatic carbocycles. The quantitative estimate of drug-likeness (QED) is 0.839. The summed E-state index contributed by atoms with van der Waals surface area (Å²) in [5.41, 5.74) is 1.09. The Bertz CT molecular complexity index is 422. The highest BCUT2D eigenvalue weighted by molar-refractivity contribution is 6.31. The highest BCUT2D eigenvalue weighted by Gasteiger charge is 2.24. The number of carbonyl (C=O) groups excluding carboxylic acids is 1. The van der Waals surface area contributed by atoms with Crippen LogP contribution in [0.2, 0.25) is 5.02 Å². The summed E-state index contributed by atoms with van der Waals surface area (Å²) in [7, 11) is 2.01. The lowest BCUT2D eigenvalue weighted by atomic mass is 10.00. The number of ketones is 1. The van der Waals surface area contributed by atoms with Gasteiger partial charge in [-0.2, -0.15) is 0 Å². The zero-order valence-electron chi connectivity index (χ0n) is 10.6. The number of Topliss-reactive ketones (excluding diaryl/α,β-unsaturated/α-hetero) is 1. The number of hydrogen-bond donors (Lipinski definition) is 0. The van der Waals surface area contributed by atoms with E-state index in [-0.39, 0.29) is 5.92 Å². The number of hydrogen-bond acceptors (Lipinski definition) is 3. The molecular weight excluding hydrogens is 250 g/mol. The van der Waals surface area contributed by atoms with Gasteiger partial charge in [-0.3, -0.25) is 4.79 Å². The molecule has 1 aliphatic heterocycles. The van der Waals surface area contributed by atoms with Crippen molar-refractivity contribution in [2.24, 2.45) is 5.92 Å². The number of rotatable bonds is 4. The Hall–Kier alpha value is -0.900. The molecule has 0 bridgehead atoms. The molecule has 0 spiro atoms. The van der Waals surface area contributed by atoms with Crippen LogP contribution >= 0.6 is 11.6 Å². The zero-order valence-corrected chi connectivity index (χ0v) is 11.3. The normalized spacial score (nSPS) is 20.4. The molecule has 4 heteroatoms. The smallest absolute Gasteiger partial charge is 0.141 e. The average Bonchev–Trinajstić information content (AvgIpc) is 2.35. The Balaban J connectivity index is 1.90. The van der Waals surface area contributed by atoms with E-state index in [0.717, 1.165) is 23.7 Å². The lowest BCUT2D eigenvalue weighted by molar-refractivity contribution is -0.131. The molecule has 2 rings (SSSR count). The lowest BCUT2D eigenvalue weighted by Gasteiger charge is -2.26. The van der Waals surface area contributed by atoms with Crippen molar-refractivity contribution in [2.75, 3.05) is 26.8 Å². The first-order valence-electron chi connectivity index (χ1n) is 6.19. The van der Waals surface area contributed by atoms with Gasteiger partial charge in [0.1, 0.15) is 5.78 Å². The molecular formula is C14H18ClNO2. The second-order valence-corrected chi connectivity index (χ2v) is 5.18. The van der Waals surface area contributed by atoms with E-state index >= 15 is 0 Å². The summed E-state index contributed by atoms with van der Waals surface area (Å²) >= 11 is 6.12. The number of ether oxygens (including phenoxy) is 1. The highest BCUT2D eigenvalue weighted by atomic mass is 35.5. The Morgan fingerprint density at radius 2 is 2.22 bits per heavy atom. The van der Waals surface area contributed by atoms with Crippen molar-refractivity contribution in [3.05, 3.63) is 34.9 Å². The third kappa shape index (κ3) is 3.55. The largest absolute Gasteiger partial charge is 0.380 e. The maximum absolute atomic E-state index is 11.7. The monoisotopic (exact) mass is 267 g/mol. The minimum atomic E-state index is 0.00578. The van der Waals surface area contributed by atoms with Crippen molar-refractivity contribution in [3.8, 4) is 0 Å². The van der Waals surface area contributed by atoms with Crippen molar-refractivity contribution >= 4 is 17.4 Å². The Labute approximate surface area is 113 Å². The first-order chi connectivity index (χ1) is 8.66. The summed E-state index contributed by atoms with van der Waals surface area (Å²) in [5.74, 6) is 0.318. The van der Waals surface area contributed by atoms with E-state index in [1.54, 1.807) is 0 Å².